The Kier molecular flexibility index (Phi) is 3.54. The van der Waals surface area contributed by atoms with Crippen LogP contribution in [-0.2, 0) is 4.79 Å². The predicted molar refractivity (Wildman–Crippen MR) is 64.6 cm³/mol. The monoisotopic (exact) mass is 206 g/mol. The molecule has 0 amide bonds. The minimum absolute atomic E-state index is 0.0671. The zero-order chi connectivity index (χ0) is 11.6. The molecule has 0 aromatic carbocycles. The van der Waals surface area contributed by atoms with Crippen LogP contribution in [0.15, 0.2) is 23.8 Å². The smallest absolute Gasteiger partial charge is 0.162 e. The molecule has 0 aromatic rings. The van der Waals surface area contributed by atoms with Crippen molar-refractivity contribution in [3.05, 3.63) is 23.8 Å². The second-order valence-corrected chi connectivity index (χ2v) is 5.24. The first-order valence-electron chi connectivity index (χ1n) is 5.74. The average Bonchev–Trinajstić information content (AvgIpc) is 2.12. The molecule has 0 radical (unpaired) electrons. The lowest BCUT2D eigenvalue weighted by atomic mass is 9.61. The molecular formula is C14H22O. The Hall–Kier alpha value is -0.850. The van der Waals surface area contributed by atoms with Crippen molar-refractivity contribution in [2.24, 2.45) is 17.3 Å². The van der Waals surface area contributed by atoms with Crippen LogP contribution in [0, 0.1) is 17.3 Å². The minimum atomic E-state index is 0.0671. The summed E-state index contributed by atoms with van der Waals surface area (Å²) >= 11 is 0. The van der Waals surface area contributed by atoms with Gasteiger partial charge in [-0.3, -0.25) is 4.79 Å². The Labute approximate surface area is 93.3 Å². The van der Waals surface area contributed by atoms with E-state index >= 15 is 0 Å². The van der Waals surface area contributed by atoms with Crippen molar-refractivity contribution in [2.75, 3.05) is 0 Å². The van der Waals surface area contributed by atoms with Crippen molar-refractivity contribution in [3.63, 3.8) is 0 Å². The zero-order valence-corrected chi connectivity index (χ0v) is 10.5. The van der Waals surface area contributed by atoms with E-state index in [0.29, 0.717) is 5.92 Å². The lowest BCUT2D eigenvalue weighted by molar-refractivity contribution is -0.121. The molecule has 0 N–H and O–H groups in total. The maximum absolute atomic E-state index is 12.0. The summed E-state index contributed by atoms with van der Waals surface area (Å²) in [4.78, 5) is 12.0. The summed E-state index contributed by atoms with van der Waals surface area (Å²) in [6.45, 7) is 10.6. The highest BCUT2D eigenvalue weighted by Crippen LogP contribution is 2.45. The Balaban J connectivity index is 3.06. The molecule has 1 heteroatoms. The highest BCUT2D eigenvalue weighted by Gasteiger charge is 2.41. The first-order valence-corrected chi connectivity index (χ1v) is 5.74. The maximum Gasteiger partial charge on any atom is 0.162 e. The molecule has 0 spiro atoms. The van der Waals surface area contributed by atoms with Crippen LogP contribution in [0.5, 0.6) is 0 Å². The number of hydrogen-bond donors (Lipinski definition) is 0. The fourth-order valence-corrected chi connectivity index (χ4v) is 2.51. The third kappa shape index (κ3) is 2.22. The van der Waals surface area contributed by atoms with Crippen LogP contribution in [0.2, 0.25) is 0 Å². The molecule has 0 bridgehead atoms. The highest BCUT2D eigenvalue weighted by atomic mass is 16.1. The fourth-order valence-electron chi connectivity index (χ4n) is 2.51. The summed E-state index contributed by atoms with van der Waals surface area (Å²) in [6.07, 6.45) is 6.87. The van der Waals surface area contributed by atoms with Crippen molar-refractivity contribution in [1.82, 2.24) is 0 Å². The summed E-state index contributed by atoms with van der Waals surface area (Å²) < 4.78 is 0. The molecule has 84 valence electrons. The van der Waals surface area contributed by atoms with E-state index in [0.717, 1.165) is 6.42 Å². The Morgan fingerprint density at radius 1 is 1.53 bits per heavy atom. The third-order valence-corrected chi connectivity index (χ3v) is 3.88. The lowest BCUT2D eigenvalue weighted by Gasteiger charge is -2.42. The van der Waals surface area contributed by atoms with Crippen LogP contribution < -0.4 is 0 Å². The van der Waals surface area contributed by atoms with Gasteiger partial charge in [0.15, 0.2) is 5.78 Å². The Morgan fingerprint density at radius 2 is 2.13 bits per heavy atom. The number of allylic oxidation sites excluding steroid dienone is 4. The second kappa shape index (κ2) is 4.34. The molecule has 0 unspecified atom stereocenters. The van der Waals surface area contributed by atoms with E-state index in [1.165, 1.54) is 5.57 Å². The van der Waals surface area contributed by atoms with E-state index in [2.05, 4.69) is 33.8 Å². The first kappa shape index (κ1) is 12.2. The van der Waals surface area contributed by atoms with Crippen LogP contribution in [-0.4, -0.2) is 5.78 Å². The third-order valence-electron chi connectivity index (χ3n) is 3.88. The molecule has 1 aliphatic rings. The van der Waals surface area contributed by atoms with Crippen LogP contribution in [0.4, 0.5) is 0 Å². The van der Waals surface area contributed by atoms with Crippen molar-refractivity contribution < 1.29 is 4.79 Å². The minimum Gasteiger partial charge on any atom is -0.294 e. The first-order chi connectivity index (χ1) is 6.91. The molecule has 0 aliphatic heterocycles. The van der Waals surface area contributed by atoms with Crippen LogP contribution in [0.25, 0.3) is 0 Å². The van der Waals surface area contributed by atoms with Gasteiger partial charge in [-0.1, -0.05) is 38.5 Å². The maximum atomic E-state index is 12.0. The Bertz CT molecular complexity index is 307. The second-order valence-electron chi connectivity index (χ2n) is 5.24. The van der Waals surface area contributed by atoms with E-state index in [9.17, 15) is 4.79 Å². The average molecular weight is 206 g/mol. The molecule has 0 saturated carbocycles. The van der Waals surface area contributed by atoms with E-state index in [1.807, 2.05) is 13.0 Å². The number of ketones is 1. The van der Waals surface area contributed by atoms with Gasteiger partial charge in [0.1, 0.15) is 0 Å². The number of carbonyl (C=O) groups excluding carboxylic acids is 1. The van der Waals surface area contributed by atoms with Gasteiger partial charge in [-0.05, 0) is 37.7 Å². The van der Waals surface area contributed by atoms with Gasteiger partial charge in [-0.25, -0.2) is 0 Å². The normalized spacial score (nSPS) is 30.3. The summed E-state index contributed by atoms with van der Waals surface area (Å²) in [6, 6.07) is 0. The number of rotatable bonds is 2. The van der Waals surface area contributed by atoms with Gasteiger partial charge >= 0.3 is 0 Å². The summed E-state index contributed by atoms with van der Waals surface area (Å²) in [5.41, 5.74) is 1.32. The van der Waals surface area contributed by atoms with E-state index in [4.69, 9.17) is 0 Å². The van der Waals surface area contributed by atoms with Gasteiger partial charge in [-0.15, -0.1) is 0 Å². The summed E-state index contributed by atoms with van der Waals surface area (Å²) in [7, 11) is 0. The van der Waals surface area contributed by atoms with Gasteiger partial charge in [-0.2, -0.15) is 0 Å². The van der Waals surface area contributed by atoms with Crippen LogP contribution >= 0.6 is 0 Å². The number of carbonyl (C=O) groups is 1. The molecule has 1 rings (SSSR count). The van der Waals surface area contributed by atoms with Crippen molar-refractivity contribution in [3.8, 4) is 0 Å². The van der Waals surface area contributed by atoms with Crippen LogP contribution in [0.3, 0.4) is 0 Å². The molecule has 15 heavy (non-hydrogen) atoms. The van der Waals surface area contributed by atoms with Crippen molar-refractivity contribution >= 4 is 5.78 Å². The van der Waals surface area contributed by atoms with Gasteiger partial charge in [0, 0.05) is 5.92 Å². The fraction of sp³-hybridized carbons (Fsp3) is 0.643. The highest BCUT2D eigenvalue weighted by molar-refractivity contribution is 5.94. The molecule has 2 atom stereocenters. The van der Waals surface area contributed by atoms with Gasteiger partial charge in [0.05, 0.1) is 0 Å². The zero-order valence-electron chi connectivity index (χ0n) is 10.5. The van der Waals surface area contributed by atoms with E-state index < -0.39 is 0 Å². The van der Waals surface area contributed by atoms with E-state index in [-0.39, 0.29) is 17.1 Å². The topological polar surface area (TPSA) is 17.1 Å². The van der Waals surface area contributed by atoms with Gasteiger partial charge < -0.3 is 0 Å². The largest absolute Gasteiger partial charge is 0.294 e. The summed E-state index contributed by atoms with van der Waals surface area (Å²) in [5.74, 6) is 0.889. The lowest BCUT2D eigenvalue weighted by Crippen LogP contribution is -2.38. The molecule has 0 fully saturated rings. The van der Waals surface area contributed by atoms with Crippen LogP contribution in [0.1, 0.15) is 41.0 Å². The predicted octanol–water partition coefficient (Wildman–Crippen LogP) is 3.76. The Morgan fingerprint density at radius 3 is 2.67 bits per heavy atom. The quantitative estimate of drug-likeness (QED) is 0.496. The number of hydrogen-bond acceptors (Lipinski definition) is 1. The van der Waals surface area contributed by atoms with Crippen molar-refractivity contribution in [1.29, 1.82) is 0 Å². The molecule has 0 saturated heterocycles. The molecule has 1 aliphatic carbocycles. The van der Waals surface area contributed by atoms with E-state index in [1.54, 1.807) is 6.08 Å². The van der Waals surface area contributed by atoms with Gasteiger partial charge in [0.25, 0.3) is 0 Å². The molecular weight excluding hydrogens is 184 g/mol. The van der Waals surface area contributed by atoms with Crippen molar-refractivity contribution in [2.45, 2.75) is 41.0 Å². The molecule has 1 nitrogen and oxygen atoms in total. The molecule has 0 heterocycles. The molecule has 0 aromatic heterocycles. The van der Waals surface area contributed by atoms with Gasteiger partial charge in [0.2, 0.25) is 0 Å². The standard InChI is InChI=1S/C14H22O/c1-6-7-12(15)13-10(2)8-9-11(3)14(13,4)5/h6-8,11,13H,9H2,1-5H3/t11-,13+/m1/s1. The summed E-state index contributed by atoms with van der Waals surface area (Å²) in [5, 5.41) is 0. The SMILES string of the molecule is CC=CC(=O)[C@@H]1C(C)=CC[C@@H](C)C1(C)C.